The quantitative estimate of drug-likeness (QED) is 0.598. The Hall–Kier alpha value is -0.110. The van der Waals surface area contributed by atoms with Crippen molar-refractivity contribution in [2.45, 2.75) is 52.2 Å². The number of hydrogen-bond acceptors (Lipinski definition) is 1. The topological polar surface area (TPSA) is 26.0 Å². The van der Waals surface area contributed by atoms with Gasteiger partial charge in [-0.2, -0.15) is 0 Å². The number of hydrogen-bond donors (Lipinski definition) is 1. The molecule has 1 saturated carbocycles. The highest BCUT2D eigenvalue weighted by Crippen LogP contribution is 2.38. The van der Waals surface area contributed by atoms with Gasteiger partial charge in [0.1, 0.15) is 6.17 Å². The van der Waals surface area contributed by atoms with Gasteiger partial charge in [0.05, 0.1) is 0 Å². The lowest BCUT2D eigenvalue weighted by atomic mass is 9.71. The van der Waals surface area contributed by atoms with Crippen LogP contribution in [0.4, 0.5) is 4.39 Å². The summed E-state index contributed by atoms with van der Waals surface area (Å²) in [5, 5.41) is 0. The predicted molar refractivity (Wildman–Crippen MR) is 49.7 cm³/mol. The third kappa shape index (κ3) is 2.19. The molecule has 0 spiro atoms. The zero-order valence-corrected chi connectivity index (χ0v) is 8.31. The summed E-state index contributed by atoms with van der Waals surface area (Å²) in [5.41, 5.74) is 5.85. The largest absolute Gasteiger partial charge is 0.325 e. The standard InChI is InChI=1S/C10H20FN/c1-10(2,3)7-4-5-9(12)8(11)6-7/h7-9H,4-6,12H2,1-3H3. The molecule has 0 bridgehead atoms. The van der Waals surface area contributed by atoms with E-state index in [0.29, 0.717) is 12.3 Å². The fourth-order valence-electron chi connectivity index (χ4n) is 1.93. The fourth-order valence-corrected chi connectivity index (χ4v) is 1.93. The molecule has 0 aromatic carbocycles. The van der Waals surface area contributed by atoms with E-state index >= 15 is 0 Å². The van der Waals surface area contributed by atoms with Crippen LogP contribution in [0.1, 0.15) is 40.0 Å². The lowest BCUT2D eigenvalue weighted by Gasteiger charge is -2.37. The number of nitrogens with two attached hydrogens (primary N) is 1. The molecule has 2 heteroatoms. The lowest BCUT2D eigenvalue weighted by molar-refractivity contribution is 0.100. The summed E-state index contributed by atoms with van der Waals surface area (Å²) in [6.45, 7) is 6.55. The van der Waals surface area contributed by atoms with Crippen LogP contribution in [0.3, 0.4) is 0 Å². The zero-order chi connectivity index (χ0) is 9.35. The van der Waals surface area contributed by atoms with Crippen molar-refractivity contribution in [3.63, 3.8) is 0 Å². The molecule has 0 saturated heterocycles. The third-order valence-electron chi connectivity index (χ3n) is 3.05. The number of rotatable bonds is 0. The summed E-state index contributed by atoms with van der Waals surface area (Å²) in [6.07, 6.45) is 1.82. The first-order valence-electron chi connectivity index (χ1n) is 4.81. The molecule has 1 aliphatic rings. The van der Waals surface area contributed by atoms with Crippen LogP contribution >= 0.6 is 0 Å². The van der Waals surface area contributed by atoms with Crippen LogP contribution in [-0.2, 0) is 0 Å². The predicted octanol–water partition coefficient (Wildman–Crippen LogP) is 2.50. The highest BCUT2D eigenvalue weighted by Gasteiger charge is 2.34. The zero-order valence-electron chi connectivity index (χ0n) is 8.31. The molecule has 12 heavy (non-hydrogen) atoms. The van der Waals surface area contributed by atoms with Gasteiger partial charge in [-0.15, -0.1) is 0 Å². The smallest absolute Gasteiger partial charge is 0.115 e. The summed E-state index contributed by atoms with van der Waals surface area (Å²) in [5.74, 6) is 0.507. The normalized spacial score (nSPS) is 38.2. The summed E-state index contributed by atoms with van der Waals surface area (Å²) >= 11 is 0. The fraction of sp³-hybridized carbons (Fsp3) is 1.00. The molecule has 1 rings (SSSR count). The van der Waals surface area contributed by atoms with Gasteiger partial charge in [0.25, 0.3) is 0 Å². The third-order valence-corrected chi connectivity index (χ3v) is 3.05. The minimum Gasteiger partial charge on any atom is -0.325 e. The maximum absolute atomic E-state index is 13.2. The molecule has 0 heterocycles. The van der Waals surface area contributed by atoms with Crippen molar-refractivity contribution in [2.24, 2.45) is 17.1 Å². The highest BCUT2D eigenvalue weighted by molar-refractivity contribution is 4.87. The van der Waals surface area contributed by atoms with Crippen molar-refractivity contribution >= 4 is 0 Å². The van der Waals surface area contributed by atoms with E-state index in [9.17, 15) is 4.39 Å². The number of halogens is 1. The van der Waals surface area contributed by atoms with Gasteiger partial charge >= 0.3 is 0 Å². The maximum Gasteiger partial charge on any atom is 0.115 e. The average Bonchev–Trinajstić information content (AvgIpc) is 1.92. The summed E-state index contributed by atoms with van der Waals surface area (Å²) in [7, 11) is 0. The first kappa shape index (κ1) is 9.97. The molecule has 0 radical (unpaired) electrons. The van der Waals surface area contributed by atoms with Crippen LogP contribution in [-0.4, -0.2) is 12.2 Å². The molecule has 1 fully saturated rings. The van der Waals surface area contributed by atoms with Crippen LogP contribution in [0, 0.1) is 11.3 Å². The van der Waals surface area contributed by atoms with Crippen molar-refractivity contribution in [2.75, 3.05) is 0 Å². The van der Waals surface area contributed by atoms with Crippen molar-refractivity contribution in [1.29, 1.82) is 0 Å². The van der Waals surface area contributed by atoms with Gasteiger partial charge in [-0.25, -0.2) is 4.39 Å². The van der Waals surface area contributed by atoms with Gasteiger partial charge in [0.2, 0.25) is 0 Å². The van der Waals surface area contributed by atoms with Crippen molar-refractivity contribution in [3.8, 4) is 0 Å². The highest BCUT2D eigenvalue weighted by atomic mass is 19.1. The summed E-state index contributed by atoms with van der Waals surface area (Å²) < 4.78 is 13.2. The first-order chi connectivity index (χ1) is 5.41. The second kappa shape index (κ2) is 3.33. The van der Waals surface area contributed by atoms with Crippen LogP contribution in [0.15, 0.2) is 0 Å². The van der Waals surface area contributed by atoms with Gasteiger partial charge in [0, 0.05) is 6.04 Å². The molecule has 3 unspecified atom stereocenters. The van der Waals surface area contributed by atoms with E-state index in [4.69, 9.17) is 5.73 Å². The van der Waals surface area contributed by atoms with Crippen molar-refractivity contribution in [1.82, 2.24) is 0 Å². The average molecular weight is 173 g/mol. The van der Waals surface area contributed by atoms with E-state index in [1.54, 1.807) is 0 Å². The van der Waals surface area contributed by atoms with E-state index in [1.165, 1.54) is 0 Å². The maximum atomic E-state index is 13.2. The first-order valence-corrected chi connectivity index (χ1v) is 4.81. The van der Waals surface area contributed by atoms with E-state index < -0.39 is 6.17 Å². The SMILES string of the molecule is CC(C)(C)C1CCC(N)C(F)C1. The van der Waals surface area contributed by atoms with Crippen LogP contribution in [0.2, 0.25) is 0 Å². The molecule has 72 valence electrons. The van der Waals surface area contributed by atoms with Gasteiger partial charge < -0.3 is 5.73 Å². The van der Waals surface area contributed by atoms with Gasteiger partial charge in [0.15, 0.2) is 0 Å². The second-order valence-electron chi connectivity index (χ2n) is 5.06. The Morgan fingerprint density at radius 3 is 2.25 bits per heavy atom. The van der Waals surface area contributed by atoms with Gasteiger partial charge in [-0.1, -0.05) is 20.8 Å². The second-order valence-corrected chi connectivity index (χ2v) is 5.06. The van der Waals surface area contributed by atoms with Gasteiger partial charge in [-0.3, -0.25) is 0 Å². The number of alkyl halides is 1. The molecule has 3 atom stereocenters. The molecule has 0 aromatic heterocycles. The molecule has 1 aliphatic carbocycles. The molecule has 1 nitrogen and oxygen atoms in total. The van der Waals surface area contributed by atoms with Gasteiger partial charge in [-0.05, 0) is 30.6 Å². The van der Waals surface area contributed by atoms with E-state index in [-0.39, 0.29) is 11.5 Å². The molecule has 0 aromatic rings. The monoisotopic (exact) mass is 173 g/mol. The van der Waals surface area contributed by atoms with Crippen LogP contribution in [0.5, 0.6) is 0 Å². The summed E-state index contributed by atoms with van der Waals surface area (Å²) in [6, 6.07) is -0.205. The molecule has 2 N–H and O–H groups in total. The van der Waals surface area contributed by atoms with Crippen molar-refractivity contribution < 1.29 is 4.39 Å². The minimum absolute atomic E-state index is 0.205. The molecular weight excluding hydrogens is 153 g/mol. The Bertz CT molecular complexity index is 150. The summed E-state index contributed by atoms with van der Waals surface area (Å²) in [4.78, 5) is 0. The molecule has 0 amide bonds. The van der Waals surface area contributed by atoms with Crippen LogP contribution < -0.4 is 5.73 Å². The van der Waals surface area contributed by atoms with E-state index in [2.05, 4.69) is 20.8 Å². The minimum atomic E-state index is -0.775. The van der Waals surface area contributed by atoms with E-state index in [0.717, 1.165) is 12.8 Å². The Balaban J connectivity index is 2.51. The molecule has 0 aliphatic heterocycles. The van der Waals surface area contributed by atoms with E-state index in [1.807, 2.05) is 0 Å². The van der Waals surface area contributed by atoms with Crippen LogP contribution in [0.25, 0.3) is 0 Å². The Kier molecular flexibility index (Phi) is 2.77. The molecular formula is C10H20FN. The Morgan fingerprint density at radius 1 is 1.25 bits per heavy atom. The Morgan fingerprint density at radius 2 is 1.83 bits per heavy atom. The van der Waals surface area contributed by atoms with Crippen molar-refractivity contribution in [3.05, 3.63) is 0 Å². The Labute approximate surface area is 74.5 Å². The lowest BCUT2D eigenvalue weighted by Crippen LogP contribution is -2.40.